The Morgan fingerprint density at radius 3 is 1.73 bits per heavy atom. The van der Waals surface area contributed by atoms with Gasteiger partial charge in [-0.25, -0.2) is 4.98 Å². The first-order chi connectivity index (χ1) is 31.7. The zero-order chi connectivity index (χ0) is 41.9. The maximum atomic E-state index is 6.94. The summed E-state index contributed by atoms with van der Waals surface area (Å²) >= 11 is 0. The van der Waals surface area contributed by atoms with Gasteiger partial charge >= 0.3 is 0 Å². The van der Waals surface area contributed by atoms with E-state index in [1.54, 1.807) is 0 Å². The molecule has 0 unspecified atom stereocenters. The quantitative estimate of drug-likeness (QED) is 0.178. The van der Waals surface area contributed by atoms with Crippen molar-refractivity contribution in [3.8, 4) is 84.6 Å². The van der Waals surface area contributed by atoms with Crippen LogP contribution in [0.3, 0.4) is 0 Å². The van der Waals surface area contributed by atoms with Crippen LogP contribution < -0.4 is 9.47 Å². The maximum absolute atomic E-state index is 6.94. The smallest absolute Gasteiger partial charge is 0.175 e. The molecule has 1 aliphatic heterocycles. The summed E-state index contributed by atoms with van der Waals surface area (Å²) in [6.07, 6.45) is 0. The zero-order valence-electron chi connectivity index (χ0n) is 34.5. The van der Waals surface area contributed by atoms with Gasteiger partial charge < -0.3 is 9.47 Å². The lowest BCUT2D eigenvalue weighted by Crippen LogP contribution is -2.27. The van der Waals surface area contributed by atoms with Crippen molar-refractivity contribution < 1.29 is 9.47 Å². The van der Waals surface area contributed by atoms with Gasteiger partial charge in [0.2, 0.25) is 0 Å². The molecule has 0 fully saturated rings. The molecule has 0 radical (unpaired) electrons. The molecule has 14 rings (SSSR count). The largest absolute Gasteiger partial charge is 0.450 e. The van der Waals surface area contributed by atoms with Crippen molar-refractivity contribution in [1.29, 1.82) is 0 Å². The Labute approximate surface area is 369 Å². The number of hydrogen-bond acceptors (Lipinski definition) is 3. The van der Waals surface area contributed by atoms with Gasteiger partial charge in [0.05, 0.1) is 22.1 Å². The topological polar surface area (TPSA) is 36.3 Å². The highest BCUT2D eigenvalue weighted by molar-refractivity contribution is 6.10. The van der Waals surface area contributed by atoms with Gasteiger partial charge in [0.25, 0.3) is 0 Å². The third-order valence-corrected chi connectivity index (χ3v) is 13.7. The van der Waals surface area contributed by atoms with E-state index in [0.717, 1.165) is 84.5 Å². The second-order valence-corrected chi connectivity index (χ2v) is 17.0. The molecule has 0 bridgehead atoms. The third-order valence-electron chi connectivity index (χ3n) is 13.7. The predicted octanol–water partition coefficient (Wildman–Crippen LogP) is 15.4. The molecule has 0 saturated heterocycles. The van der Waals surface area contributed by atoms with Crippen LogP contribution in [0.25, 0.3) is 83.4 Å². The van der Waals surface area contributed by atoms with Crippen LogP contribution in [-0.4, -0.2) is 9.55 Å². The lowest BCUT2D eigenvalue weighted by molar-refractivity contribution is 0.354. The Bertz CT molecular complexity index is 3630. The van der Waals surface area contributed by atoms with E-state index < -0.39 is 5.41 Å². The molecule has 4 nitrogen and oxygen atoms in total. The van der Waals surface area contributed by atoms with Gasteiger partial charge in [0, 0.05) is 21.9 Å². The molecular weight excluding hydrogens is 781 g/mol. The van der Waals surface area contributed by atoms with Crippen molar-refractivity contribution in [3.63, 3.8) is 0 Å². The van der Waals surface area contributed by atoms with Crippen LogP contribution >= 0.6 is 0 Å². The van der Waals surface area contributed by atoms with Gasteiger partial charge in [-0.15, -0.1) is 0 Å². The molecule has 0 atom stereocenters. The van der Waals surface area contributed by atoms with Gasteiger partial charge in [-0.05, 0) is 116 Å². The second-order valence-electron chi connectivity index (χ2n) is 17.0. The molecule has 1 spiro atoms. The lowest BCUT2D eigenvalue weighted by atomic mass is 9.70. The number of ether oxygens (including phenoxy) is 2. The second kappa shape index (κ2) is 13.3. The number of pyridine rings is 1. The van der Waals surface area contributed by atoms with Crippen LogP contribution in [0.1, 0.15) is 22.3 Å². The fourth-order valence-electron chi connectivity index (χ4n) is 11.0. The summed E-state index contributed by atoms with van der Waals surface area (Å²) in [5, 5.41) is 2.36. The Morgan fingerprint density at radius 1 is 0.359 bits per heavy atom. The Kier molecular flexibility index (Phi) is 7.29. The summed E-state index contributed by atoms with van der Waals surface area (Å²) < 4.78 is 15.9. The van der Waals surface area contributed by atoms with Gasteiger partial charge in [0.15, 0.2) is 23.0 Å². The number of hydrogen-bond donors (Lipinski definition) is 0. The predicted molar refractivity (Wildman–Crippen MR) is 258 cm³/mol. The zero-order valence-corrected chi connectivity index (χ0v) is 34.5. The molecule has 2 aromatic heterocycles. The molecule has 298 valence electrons. The van der Waals surface area contributed by atoms with Crippen molar-refractivity contribution >= 4 is 21.8 Å². The van der Waals surface area contributed by atoms with E-state index in [-0.39, 0.29) is 0 Å². The van der Waals surface area contributed by atoms with E-state index in [1.807, 2.05) is 24.3 Å². The fourth-order valence-corrected chi connectivity index (χ4v) is 11.0. The van der Waals surface area contributed by atoms with Gasteiger partial charge in [0.1, 0.15) is 5.82 Å². The fraction of sp³-hybridized carbons (Fsp3) is 0.0167. The van der Waals surface area contributed by atoms with Gasteiger partial charge in [-0.2, -0.15) is 0 Å². The van der Waals surface area contributed by atoms with Crippen LogP contribution in [0.15, 0.2) is 218 Å². The summed E-state index contributed by atoms with van der Waals surface area (Å²) in [6.45, 7) is 0. The summed E-state index contributed by atoms with van der Waals surface area (Å²) in [5.74, 6) is 3.83. The molecule has 0 N–H and O–H groups in total. The van der Waals surface area contributed by atoms with Crippen molar-refractivity contribution in [2.75, 3.05) is 0 Å². The molecule has 64 heavy (non-hydrogen) atoms. The van der Waals surface area contributed by atoms with Gasteiger partial charge in [-0.3, -0.25) is 4.57 Å². The number of aromatic nitrogens is 2. The monoisotopic (exact) mass is 816 g/mol. The van der Waals surface area contributed by atoms with Crippen LogP contribution in [0.2, 0.25) is 0 Å². The first-order valence-electron chi connectivity index (χ1n) is 21.9. The Hall–Kier alpha value is -8.47. The van der Waals surface area contributed by atoms with E-state index >= 15 is 0 Å². The number of benzene rings is 9. The van der Waals surface area contributed by atoms with Crippen molar-refractivity contribution in [2.24, 2.45) is 0 Å². The minimum atomic E-state index is -0.638. The SMILES string of the molecule is c1ccc(-c2cc(-c3ccccc3)nc(-n3c4ccccc4c4cc(-c5ccc6c(c5)C5(c7ccccc7-c7ccccc75)c5c-6ccc6c5Oc5ccccc5O6)ccc43)c2)cc1. The van der Waals surface area contributed by atoms with E-state index in [2.05, 4.69) is 199 Å². The molecule has 11 aromatic rings. The van der Waals surface area contributed by atoms with Crippen molar-refractivity contribution in [3.05, 3.63) is 241 Å². The Balaban J connectivity index is 0.981. The molecule has 2 aliphatic carbocycles. The van der Waals surface area contributed by atoms with E-state index in [0.29, 0.717) is 0 Å². The maximum Gasteiger partial charge on any atom is 0.175 e. The van der Waals surface area contributed by atoms with Gasteiger partial charge in [-0.1, -0.05) is 164 Å². The average molecular weight is 817 g/mol. The highest BCUT2D eigenvalue weighted by Crippen LogP contribution is 2.67. The average Bonchev–Trinajstić information content (AvgIpc) is 3.97. The number of rotatable bonds is 4. The third kappa shape index (κ3) is 4.85. The lowest BCUT2D eigenvalue weighted by Gasteiger charge is -2.33. The molecule has 4 heteroatoms. The van der Waals surface area contributed by atoms with E-state index in [1.165, 1.54) is 44.2 Å². The van der Waals surface area contributed by atoms with Crippen LogP contribution in [0.5, 0.6) is 23.0 Å². The highest BCUT2D eigenvalue weighted by atomic mass is 16.6. The van der Waals surface area contributed by atoms with Crippen LogP contribution in [0.4, 0.5) is 0 Å². The van der Waals surface area contributed by atoms with Crippen LogP contribution in [-0.2, 0) is 5.41 Å². The minimum absolute atomic E-state index is 0.638. The summed E-state index contributed by atoms with van der Waals surface area (Å²) in [4.78, 5) is 5.38. The number of fused-ring (bicyclic) bond motifs is 16. The summed E-state index contributed by atoms with van der Waals surface area (Å²) in [7, 11) is 0. The molecular formula is C60H36N2O2. The first kappa shape index (κ1) is 35.2. The Morgan fingerprint density at radius 2 is 0.953 bits per heavy atom. The summed E-state index contributed by atoms with van der Waals surface area (Å²) in [5.41, 5.74) is 17.9. The normalized spacial score (nSPS) is 13.4. The van der Waals surface area contributed by atoms with Crippen molar-refractivity contribution in [2.45, 2.75) is 5.41 Å². The molecule has 0 saturated carbocycles. The molecule has 3 aliphatic rings. The van der Waals surface area contributed by atoms with Crippen molar-refractivity contribution in [1.82, 2.24) is 9.55 Å². The first-order valence-corrected chi connectivity index (χ1v) is 21.9. The van der Waals surface area contributed by atoms with Crippen LogP contribution in [0, 0.1) is 0 Å². The number of para-hydroxylation sites is 3. The van der Waals surface area contributed by atoms with E-state index in [4.69, 9.17) is 14.5 Å². The molecule has 3 heterocycles. The molecule has 9 aromatic carbocycles. The minimum Gasteiger partial charge on any atom is -0.450 e. The molecule has 0 amide bonds. The number of nitrogens with zero attached hydrogens (tertiary/aromatic N) is 2. The summed E-state index contributed by atoms with van der Waals surface area (Å²) in [6, 6.07) is 78.2. The van der Waals surface area contributed by atoms with E-state index in [9.17, 15) is 0 Å². The highest BCUT2D eigenvalue weighted by Gasteiger charge is 2.54. The standard InChI is InChI=1S/C60H36N2O2/c1-3-15-37(16-4-1)41-35-51(38-17-5-2-6-18-38)61-57(36-41)62-52-24-12-9-21-45(52)47-33-39(28-31-53(47)62)40-27-29-44-46-30-32-56-59(64-55-26-14-13-25-54(55)63-56)58(46)60(50(44)34-40)48-22-10-7-19-42(48)43-20-8-11-23-49(43)60/h1-36H.